The number of para-hydroxylation sites is 1. The van der Waals surface area contributed by atoms with E-state index >= 15 is 0 Å². The van der Waals surface area contributed by atoms with Crippen molar-refractivity contribution in [2.45, 2.75) is 13.3 Å². The maximum atomic E-state index is 11.4. The number of aromatic nitrogens is 1. The summed E-state index contributed by atoms with van der Waals surface area (Å²) in [6.45, 7) is 3.18. The summed E-state index contributed by atoms with van der Waals surface area (Å²) in [6, 6.07) is 7.99. The number of carbonyl (C=O) groups excluding carboxylic acids is 1. The molecule has 0 radical (unpaired) electrons. The van der Waals surface area contributed by atoms with E-state index < -0.39 is 0 Å². The fraction of sp³-hybridized carbons (Fsp3) is 0.286. The van der Waals surface area contributed by atoms with Crippen molar-refractivity contribution >= 4 is 38.4 Å². The lowest BCUT2D eigenvalue weighted by molar-refractivity contribution is -0.120. The first-order chi connectivity index (χ1) is 9.20. The van der Waals surface area contributed by atoms with E-state index in [1.807, 2.05) is 31.2 Å². The maximum absolute atomic E-state index is 11.4. The van der Waals surface area contributed by atoms with Gasteiger partial charge >= 0.3 is 0 Å². The Bertz CT molecular complexity index is 586. The van der Waals surface area contributed by atoms with Crippen LogP contribution in [-0.4, -0.2) is 24.0 Å². The molecule has 0 atom stereocenters. The van der Waals surface area contributed by atoms with Crippen LogP contribution in [0.5, 0.6) is 0 Å². The van der Waals surface area contributed by atoms with E-state index in [0.29, 0.717) is 19.5 Å². The van der Waals surface area contributed by atoms with Gasteiger partial charge in [-0.1, -0.05) is 12.1 Å². The zero-order valence-corrected chi connectivity index (χ0v) is 12.3. The number of amides is 1. The summed E-state index contributed by atoms with van der Waals surface area (Å²) in [5.74, 6) is 0.0611. The number of fused-ring (bicyclic) bond motifs is 1. The maximum Gasteiger partial charge on any atom is 0.221 e. The summed E-state index contributed by atoms with van der Waals surface area (Å²) in [5, 5.41) is 7.10. The summed E-state index contributed by atoms with van der Waals surface area (Å²) in [7, 11) is 0. The van der Waals surface area contributed by atoms with Crippen LogP contribution in [0.15, 0.2) is 34.9 Å². The van der Waals surface area contributed by atoms with Crippen molar-refractivity contribution in [3.8, 4) is 0 Å². The van der Waals surface area contributed by atoms with Gasteiger partial charge in [0.05, 0.1) is 11.2 Å². The standard InChI is InChI=1S/C14H16BrN3O/c1-2-16-13(19)6-7-17-12-5-3-4-10-8-11(15)9-18-14(10)12/h3-5,8-9,17H,2,6-7H2,1H3,(H,16,19). The van der Waals surface area contributed by atoms with Crippen LogP contribution < -0.4 is 10.6 Å². The quantitative estimate of drug-likeness (QED) is 0.890. The second-order valence-corrected chi connectivity index (χ2v) is 5.08. The average molecular weight is 322 g/mol. The molecule has 19 heavy (non-hydrogen) atoms. The van der Waals surface area contributed by atoms with Crippen molar-refractivity contribution < 1.29 is 4.79 Å². The highest BCUT2D eigenvalue weighted by Crippen LogP contribution is 2.23. The van der Waals surface area contributed by atoms with Crippen LogP contribution in [0, 0.1) is 0 Å². The monoisotopic (exact) mass is 321 g/mol. The van der Waals surface area contributed by atoms with Gasteiger partial charge in [0.25, 0.3) is 0 Å². The van der Waals surface area contributed by atoms with E-state index in [1.165, 1.54) is 0 Å². The summed E-state index contributed by atoms with van der Waals surface area (Å²) in [4.78, 5) is 15.8. The Hall–Kier alpha value is -1.62. The van der Waals surface area contributed by atoms with Gasteiger partial charge in [0.15, 0.2) is 0 Å². The highest BCUT2D eigenvalue weighted by Gasteiger charge is 2.04. The summed E-state index contributed by atoms with van der Waals surface area (Å²) in [5.41, 5.74) is 1.87. The molecule has 1 heterocycles. The zero-order chi connectivity index (χ0) is 13.7. The number of hydrogen-bond donors (Lipinski definition) is 2. The predicted molar refractivity (Wildman–Crippen MR) is 81.2 cm³/mol. The Labute approximate surface area is 120 Å². The molecule has 0 unspecified atom stereocenters. The van der Waals surface area contributed by atoms with Gasteiger partial charge in [0, 0.05) is 35.6 Å². The Morgan fingerprint density at radius 3 is 3.05 bits per heavy atom. The van der Waals surface area contributed by atoms with Gasteiger partial charge in [0.1, 0.15) is 0 Å². The first-order valence-electron chi connectivity index (χ1n) is 6.25. The Kier molecular flexibility index (Phi) is 4.74. The van der Waals surface area contributed by atoms with Gasteiger partial charge in [-0.3, -0.25) is 9.78 Å². The number of benzene rings is 1. The van der Waals surface area contributed by atoms with Crippen LogP contribution in [0.1, 0.15) is 13.3 Å². The molecule has 1 aromatic heterocycles. The molecule has 1 aromatic carbocycles. The van der Waals surface area contributed by atoms with E-state index in [0.717, 1.165) is 21.1 Å². The molecule has 0 saturated carbocycles. The van der Waals surface area contributed by atoms with E-state index in [-0.39, 0.29) is 5.91 Å². The zero-order valence-electron chi connectivity index (χ0n) is 10.7. The van der Waals surface area contributed by atoms with Crippen LogP contribution in [0.4, 0.5) is 5.69 Å². The van der Waals surface area contributed by atoms with Crippen molar-refractivity contribution in [2.75, 3.05) is 18.4 Å². The number of nitrogens with one attached hydrogen (secondary N) is 2. The first kappa shape index (κ1) is 13.8. The molecule has 0 bridgehead atoms. The molecular weight excluding hydrogens is 306 g/mol. The molecule has 5 heteroatoms. The molecular formula is C14H16BrN3O. The van der Waals surface area contributed by atoms with Crippen LogP contribution in [0.25, 0.3) is 10.9 Å². The third kappa shape index (κ3) is 3.67. The number of pyridine rings is 1. The topological polar surface area (TPSA) is 54.0 Å². The van der Waals surface area contributed by atoms with E-state index in [1.54, 1.807) is 6.20 Å². The van der Waals surface area contributed by atoms with E-state index in [4.69, 9.17) is 0 Å². The predicted octanol–water partition coefficient (Wildman–Crippen LogP) is 2.94. The van der Waals surface area contributed by atoms with Crippen LogP contribution in [0.2, 0.25) is 0 Å². The Morgan fingerprint density at radius 2 is 2.26 bits per heavy atom. The van der Waals surface area contributed by atoms with Crippen molar-refractivity contribution in [1.82, 2.24) is 10.3 Å². The van der Waals surface area contributed by atoms with Crippen molar-refractivity contribution in [2.24, 2.45) is 0 Å². The lowest BCUT2D eigenvalue weighted by Crippen LogP contribution is -2.24. The third-order valence-electron chi connectivity index (χ3n) is 2.72. The molecule has 2 N–H and O–H groups in total. The third-order valence-corrected chi connectivity index (χ3v) is 3.15. The molecule has 0 aliphatic rings. The summed E-state index contributed by atoms with van der Waals surface area (Å²) < 4.78 is 0.958. The number of nitrogens with zero attached hydrogens (tertiary/aromatic N) is 1. The van der Waals surface area contributed by atoms with Crippen LogP contribution in [-0.2, 0) is 4.79 Å². The summed E-state index contributed by atoms with van der Waals surface area (Å²) in [6.07, 6.45) is 2.23. The van der Waals surface area contributed by atoms with Gasteiger partial charge in [-0.25, -0.2) is 0 Å². The highest BCUT2D eigenvalue weighted by molar-refractivity contribution is 9.10. The van der Waals surface area contributed by atoms with Crippen LogP contribution >= 0.6 is 15.9 Å². The number of anilines is 1. The highest BCUT2D eigenvalue weighted by atomic mass is 79.9. The normalized spacial score (nSPS) is 10.4. The van der Waals surface area contributed by atoms with Crippen molar-refractivity contribution in [3.05, 3.63) is 34.9 Å². The van der Waals surface area contributed by atoms with Crippen molar-refractivity contribution in [1.29, 1.82) is 0 Å². The molecule has 0 aliphatic heterocycles. The van der Waals surface area contributed by atoms with Crippen molar-refractivity contribution in [3.63, 3.8) is 0 Å². The molecule has 100 valence electrons. The smallest absolute Gasteiger partial charge is 0.221 e. The second-order valence-electron chi connectivity index (χ2n) is 4.16. The SMILES string of the molecule is CCNC(=O)CCNc1cccc2cc(Br)cnc12. The molecule has 2 aromatic rings. The molecule has 0 fully saturated rings. The van der Waals surface area contributed by atoms with Gasteiger partial charge < -0.3 is 10.6 Å². The largest absolute Gasteiger partial charge is 0.383 e. The molecule has 4 nitrogen and oxygen atoms in total. The minimum Gasteiger partial charge on any atom is -0.383 e. The molecule has 0 spiro atoms. The Balaban J connectivity index is 2.06. The number of rotatable bonds is 5. The molecule has 0 saturated heterocycles. The Morgan fingerprint density at radius 1 is 1.42 bits per heavy atom. The van der Waals surface area contributed by atoms with E-state index in [9.17, 15) is 4.79 Å². The number of halogens is 1. The lowest BCUT2D eigenvalue weighted by Gasteiger charge is -2.09. The fourth-order valence-electron chi connectivity index (χ4n) is 1.87. The van der Waals surface area contributed by atoms with E-state index in [2.05, 4.69) is 31.5 Å². The lowest BCUT2D eigenvalue weighted by atomic mass is 10.2. The van der Waals surface area contributed by atoms with Gasteiger partial charge in [-0.05, 0) is 35.0 Å². The number of hydrogen-bond acceptors (Lipinski definition) is 3. The first-order valence-corrected chi connectivity index (χ1v) is 7.05. The minimum atomic E-state index is 0.0611. The minimum absolute atomic E-state index is 0.0611. The number of carbonyl (C=O) groups is 1. The average Bonchev–Trinajstić information content (AvgIpc) is 2.39. The summed E-state index contributed by atoms with van der Waals surface area (Å²) >= 11 is 3.41. The second kappa shape index (κ2) is 6.52. The molecule has 1 amide bonds. The molecule has 2 rings (SSSR count). The van der Waals surface area contributed by atoms with Gasteiger partial charge in [0.2, 0.25) is 5.91 Å². The fourth-order valence-corrected chi connectivity index (χ4v) is 2.22. The van der Waals surface area contributed by atoms with Crippen LogP contribution in [0.3, 0.4) is 0 Å². The molecule has 0 aliphatic carbocycles. The van der Waals surface area contributed by atoms with Gasteiger partial charge in [-0.2, -0.15) is 0 Å². The van der Waals surface area contributed by atoms with Gasteiger partial charge in [-0.15, -0.1) is 0 Å².